The van der Waals surface area contributed by atoms with Crippen LogP contribution in [0.1, 0.15) is 38.5 Å². The molecule has 0 bridgehead atoms. The molecule has 1 aliphatic heterocycles. The van der Waals surface area contributed by atoms with E-state index in [0.29, 0.717) is 13.9 Å². The van der Waals surface area contributed by atoms with Gasteiger partial charge < -0.3 is 15.1 Å². The molecule has 108 valence electrons. The standard InChI is InChI=1S/C15H22BNO3/c1-11(18)7-8-13-9-10-14(16-20-13)17-15(19)12-5-3-2-4-6-12/h2-3,5,13-14,16,18H,1,4,6-10H2,(H,17,19). The Balaban J connectivity index is 1.71. The minimum absolute atomic E-state index is 0.0325. The van der Waals surface area contributed by atoms with Crippen LogP contribution < -0.4 is 5.32 Å². The molecule has 0 aromatic heterocycles. The van der Waals surface area contributed by atoms with Crippen LogP contribution >= 0.6 is 0 Å². The molecule has 2 rings (SSSR count). The van der Waals surface area contributed by atoms with Gasteiger partial charge in [0, 0.05) is 24.0 Å². The van der Waals surface area contributed by atoms with Gasteiger partial charge in [0.25, 0.3) is 7.48 Å². The number of amides is 1. The number of allylic oxidation sites excluding steroid dienone is 4. The Morgan fingerprint density at radius 2 is 2.40 bits per heavy atom. The van der Waals surface area contributed by atoms with Crippen LogP contribution in [0.5, 0.6) is 0 Å². The Hall–Kier alpha value is -1.49. The van der Waals surface area contributed by atoms with Gasteiger partial charge in [-0.15, -0.1) is 0 Å². The summed E-state index contributed by atoms with van der Waals surface area (Å²) in [6, 6.07) is 0. The maximum atomic E-state index is 12.0. The summed E-state index contributed by atoms with van der Waals surface area (Å²) in [4.78, 5) is 12.0. The number of aliphatic hydroxyl groups excluding tert-OH is 1. The number of nitrogens with one attached hydrogen (secondary N) is 1. The van der Waals surface area contributed by atoms with Crippen LogP contribution in [0.15, 0.2) is 36.1 Å². The maximum absolute atomic E-state index is 12.0. The molecule has 0 aromatic carbocycles. The van der Waals surface area contributed by atoms with E-state index in [1.165, 1.54) is 0 Å². The lowest BCUT2D eigenvalue weighted by Crippen LogP contribution is -2.45. The lowest BCUT2D eigenvalue weighted by Gasteiger charge is -2.29. The van der Waals surface area contributed by atoms with E-state index in [4.69, 9.17) is 9.76 Å². The van der Waals surface area contributed by atoms with Crippen LogP contribution in [0.2, 0.25) is 0 Å². The van der Waals surface area contributed by atoms with Crippen LogP contribution in [0.25, 0.3) is 0 Å². The number of aliphatic hydroxyl groups is 1. The molecule has 1 amide bonds. The van der Waals surface area contributed by atoms with E-state index in [-0.39, 0.29) is 23.7 Å². The van der Waals surface area contributed by atoms with Gasteiger partial charge >= 0.3 is 0 Å². The van der Waals surface area contributed by atoms with E-state index < -0.39 is 0 Å². The second kappa shape index (κ2) is 7.34. The van der Waals surface area contributed by atoms with Crippen molar-refractivity contribution in [1.29, 1.82) is 0 Å². The highest BCUT2D eigenvalue weighted by atomic mass is 16.4. The molecular formula is C15H22BNO3. The van der Waals surface area contributed by atoms with Gasteiger partial charge in [-0.25, -0.2) is 0 Å². The molecule has 1 fully saturated rings. The predicted molar refractivity (Wildman–Crippen MR) is 80.6 cm³/mol. The third kappa shape index (κ3) is 4.56. The summed E-state index contributed by atoms with van der Waals surface area (Å²) in [5.41, 5.74) is 0.853. The summed E-state index contributed by atoms with van der Waals surface area (Å²) in [5, 5.41) is 12.1. The van der Waals surface area contributed by atoms with Gasteiger partial charge in [-0.2, -0.15) is 0 Å². The van der Waals surface area contributed by atoms with Crippen molar-refractivity contribution in [2.45, 2.75) is 50.6 Å². The molecule has 0 spiro atoms. The van der Waals surface area contributed by atoms with Crippen molar-refractivity contribution in [3.8, 4) is 0 Å². The minimum Gasteiger partial charge on any atom is -0.513 e. The van der Waals surface area contributed by atoms with Crippen LogP contribution in [-0.2, 0) is 9.45 Å². The molecule has 5 heteroatoms. The van der Waals surface area contributed by atoms with E-state index in [0.717, 1.165) is 37.7 Å². The van der Waals surface area contributed by atoms with E-state index in [2.05, 4.69) is 18.0 Å². The number of hydrogen-bond donors (Lipinski definition) is 2. The van der Waals surface area contributed by atoms with Gasteiger partial charge in [-0.1, -0.05) is 24.8 Å². The van der Waals surface area contributed by atoms with Crippen LogP contribution in [0.4, 0.5) is 0 Å². The van der Waals surface area contributed by atoms with Gasteiger partial charge in [-0.05, 0) is 32.1 Å². The molecule has 0 radical (unpaired) electrons. The molecule has 1 saturated heterocycles. The average Bonchev–Trinajstić information content (AvgIpc) is 2.47. The molecular weight excluding hydrogens is 253 g/mol. The third-order valence-electron chi connectivity index (χ3n) is 3.77. The van der Waals surface area contributed by atoms with Crippen molar-refractivity contribution in [2.24, 2.45) is 0 Å². The van der Waals surface area contributed by atoms with Gasteiger partial charge in [0.05, 0.1) is 5.76 Å². The van der Waals surface area contributed by atoms with Gasteiger partial charge in [0.2, 0.25) is 5.91 Å². The van der Waals surface area contributed by atoms with E-state index in [1.54, 1.807) is 0 Å². The molecule has 1 aliphatic carbocycles. The fraction of sp³-hybridized carbons (Fsp3) is 0.533. The first-order valence-corrected chi connectivity index (χ1v) is 7.30. The molecule has 0 aromatic rings. The zero-order chi connectivity index (χ0) is 14.4. The fourth-order valence-corrected chi connectivity index (χ4v) is 2.54. The quantitative estimate of drug-likeness (QED) is 0.596. The molecule has 0 saturated carbocycles. The summed E-state index contributed by atoms with van der Waals surface area (Å²) >= 11 is 0. The Morgan fingerprint density at radius 1 is 1.55 bits per heavy atom. The maximum Gasteiger partial charge on any atom is 0.297 e. The molecule has 2 aliphatic rings. The highest BCUT2D eigenvalue weighted by molar-refractivity contribution is 6.30. The first kappa shape index (κ1) is 14.9. The van der Waals surface area contributed by atoms with Crippen LogP contribution in [0, 0.1) is 0 Å². The highest BCUT2D eigenvalue weighted by Gasteiger charge is 2.25. The Labute approximate surface area is 120 Å². The first-order chi connectivity index (χ1) is 9.65. The van der Waals surface area contributed by atoms with Gasteiger partial charge in [0.15, 0.2) is 0 Å². The number of carbonyl (C=O) groups excluding carboxylic acids is 1. The van der Waals surface area contributed by atoms with E-state index in [9.17, 15) is 4.79 Å². The number of hydrogen-bond acceptors (Lipinski definition) is 3. The summed E-state index contributed by atoms with van der Waals surface area (Å²) < 4.78 is 5.73. The second-order valence-electron chi connectivity index (χ2n) is 5.47. The topological polar surface area (TPSA) is 58.6 Å². The van der Waals surface area contributed by atoms with E-state index >= 15 is 0 Å². The van der Waals surface area contributed by atoms with Gasteiger partial charge in [-0.3, -0.25) is 4.79 Å². The van der Waals surface area contributed by atoms with Crippen LogP contribution in [0.3, 0.4) is 0 Å². The fourth-order valence-electron chi connectivity index (χ4n) is 2.54. The van der Waals surface area contributed by atoms with Crippen molar-refractivity contribution in [3.63, 3.8) is 0 Å². The zero-order valence-electron chi connectivity index (χ0n) is 11.8. The van der Waals surface area contributed by atoms with E-state index in [1.807, 2.05) is 12.2 Å². The predicted octanol–water partition coefficient (Wildman–Crippen LogP) is 2.09. The smallest absolute Gasteiger partial charge is 0.297 e. The molecule has 1 heterocycles. The lowest BCUT2D eigenvalue weighted by molar-refractivity contribution is -0.118. The van der Waals surface area contributed by atoms with Crippen molar-refractivity contribution < 1.29 is 14.6 Å². The van der Waals surface area contributed by atoms with Gasteiger partial charge in [0.1, 0.15) is 0 Å². The van der Waals surface area contributed by atoms with Crippen molar-refractivity contribution >= 4 is 13.4 Å². The summed E-state index contributed by atoms with van der Waals surface area (Å²) in [6.07, 6.45) is 11.0. The van der Waals surface area contributed by atoms with Crippen molar-refractivity contribution in [3.05, 3.63) is 36.1 Å². The number of rotatable bonds is 5. The zero-order valence-corrected chi connectivity index (χ0v) is 11.8. The molecule has 2 unspecified atom stereocenters. The molecule has 2 atom stereocenters. The lowest BCUT2D eigenvalue weighted by atomic mass is 9.79. The largest absolute Gasteiger partial charge is 0.513 e. The molecule has 4 nitrogen and oxygen atoms in total. The Kier molecular flexibility index (Phi) is 5.47. The normalized spacial score (nSPS) is 25.5. The summed E-state index contributed by atoms with van der Waals surface area (Å²) in [5.74, 6) is 0.342. The highest BCUT2D eigenvalue weighted by Crippen LogP contribution is 2.19. The van der Waals surface area contributed by atoms with Crippen LogP contribution in [-0.4, -0.2) is 30.5 Å². The second-order valence-corrected chi connectivity index (χ2v) is 5.47. The minimum atomic E-state index is 0.0325. The number of carbonyl (C=O) groups is 1. The SMILES string of the molecule is C=C(O)CCC1CCC(NC(=O)C2=CC=CCC2)BO1. The summed E-state index contributed by atoms with van der Waals surface area (Å²) in [7, 11) is 0.553. The first-order valence-electron chi connectivity index (χ1n) is 7.30. The molecule has 20 heavy (non-hydrogen) atoms. The Morgan fingerprint density at radius 3 is 3.00 bits per heavy atom. The average molecular weight is 275 g/mol. The summed E-state index contributed by atoms with van der Waals surface area (Å²) in [6.45, 7) is 3.48. The van der Waals surface area contributed by atoms with Crippen molar-refractivity contribution in [1.82, 2.24) is 5.32 Å². The third-order valence-corrected chi connectivity index (χ3v) is 3.77. The Bertz CT molecular complexity index is 423. The molecule has 2 N–H and O–H groups in total. The van der Waals surface area contributed by atoms with Crippen molar-refractivity contribution in [2.75, 3.05) is 0 Å². The monoisotopic (exact) mass is 275 g/mol.